The molecule has 0 saturated carbocycles. The van der Waals surface area contributed by atoms with Gasteiger partial charge in [0.15, 0.2) is 5.69 Å². The fourth-order valence-electron chi connectivity index (χ4n) is 0.801. The second-order valence-corrected chi connectivity index (χ2v) is 2.30. The number of pyridine rings is 1. The number of aromatic hydroxyl groups is 1. The van der Waals surface area contributed by atoms with Crippen molar-refractivity contribution in [3.8, 4) is 5.75 Å². The van der Waals surface area contributed by atoms with Gasteiger partial charge < -0.3 is 5.11 Å². The van der Waals surface area contributed by atoms with Crippen molar-refractivity contribution in [2.24, 2.45) is 0 Å². The monoisotopic (exact) mass is 177 g/mol. The second kappa shape index (κ2) is 3.00. The number of aryl methyl sites for hydroxylation is 1. The van der Waals surface area contributed by atoms with Gasteiger partial charge in [0.2, 0.25) is 5.95 Å². The van der Waals surface area contributed by atoms with E-state index in [0.29, 0.717) is 0 Å². The summed E-state index contributed by atoms with van der Waals surface area (Å²) in [5.74, 6) is -1.66. The Balaban J connectivity index is 3.28. The molecule has 0 aromatic carbocycles. The third kappa shape index (κ3) is 1.49. The smallest absolute Gasteiger partial charge is 0.284 e. The van der Waals surface area contributed by atoms with Gasteiger partial charge >= 0.3 is 0 Å². The first-order valence-electron chi connectivity index (χ1n) is 3.16. The molecule has 0 atom stereocenters. The number of halogens is 3. The maximum atomic E-state index is 12.4. The molecule has 12 heavy (non-hydrogen) atoms. The van der Waals surface area contributed by atoms with E-state index >= 15 is 0 Å². The molecule has 0 radical (unpaired) electrons. The Kier molecular flexibility index (Phi) is 2.21. The lowest BCUT2D eigenvalue weighted by atomic mass is 10.2. The van der Waals surface area contributed by atoms with E-state index in [-0.39, 0.29) is 5.56 Å². The number of aromatic nitrogens is 1. The number of rotatable bonds is 1. The Bertz CT molecular complexity index is 301. The first-order chi connectivity index (χ1) is 5.52. The Morgan fingerprint density at radius 1 is 1.50 bits per heavy atom. The van der Waals surface area contributed by atoms with Crippen LogP contribution in [0.5, 0.6) is 5.75 Å². The summed E-state index contributed by atoms with van der Waals surface area (Å²) < 4.78 is 36.4. The minimum Gasteiger partial charge on any atom is -0.506 e. The van der Waals surface area contributed by atoms with E-state index in [2.05, 4.69) is 4.98 Å². The predicted molar refractivity (Wildman–Crippen MR) is 35.6 cm³/mol. The topological polar surface area (TPSA) is 33.1 Å². The zero-order valence-electron chi connectivity index (χ0n) is 6.18. The standard InChI is InChI=1S/C7H6F3NO/c1-3-2-4(8)11-5(6(3)12)7(9)10/h2,7,12H,1H3. The summed E-state index contributed by atoms with van der Waals surface area (Å²) in [6, 6.07) is 0.890. The molecule has 0 spiro atoms. The average Bonchev–Trinajstić information content (AvgIpc) is 1.96. The highest BCUT2D eigenvalue weighted by Gasteiger charge is 2.17. The lowest BCUT2D eigenvalue weighted by molar-refractivity contribution is 0.140. The molecule has 0 aliphatic rings. The molecule has 0 unspecified atom stereocenters. The highest BCUT2D eigenvalue weighted by molar-refractivity contribution is 5.35. The number of hydrogen-bond donors (Lipinski definition) is 1. The van der Waals surface area contributed by atoms with E-state index in [0.717, 1.165) is 6.07 Å². The molecule has 0 bridgehead atoms. The zero-order chi connectivity index (χ0) is 9.30. The first-order valence-corrected chi connectivity index (χ1v) is 3.16. The fourth-order valence-corrected chi connectivity index (χ4v) is 0.801. The van der Waals surface area contributed by atoms with Crippen LogP contribution in [0.25, 0.3) is 0 Å². The lowest BCUT2D eigenvalue weighted by Gasteiger charge is -2.04. The van der Waals surface area contributed by atoms with Crippen molar-refractivity contribution < 1.29 is 18.3 Å². The number of hydrogen-bond acceptors (Lipinski definition) is 2. The van der Waals surface area contributed by atoms with Crippen LogP contribution in [0.2, 0.25) is 0 Å². The summed E-state index contributed by atoms with van der Waals surface area (Å²) in [5, 5.41) is 8.98. The summed E-state index contributed by atoms with van der Waals surface area (Å²) >= 11 is 0. The number of nitrogens with zero attached hydrogens (tertiary/aromatic N) is 1. The van der Waals surface area contributed by atoms with Gasteiger partial charge in [-0.25, -0.2) is 13.8 Å². The van der Waals surface area contributed by atoms with E-state index in [9.17, 15) is 13.2 Å². The van der Waals surface area contributed by atoms with Crippen molar-refractivity contribution in [3.63, 3.8) is 0 Å². The third-order valence-corrected chi connectivity index (χ3v) is 1.39. The molecule has 1 rings (SSSR count). The van der Waals surface area contributed by atoms with Crippen molar-refractivity contribution in [1.29, 1.82) is 0 Å². The van der Waals surface area contributed by atoms with Crippen molar-refractivity contribution in [2.75, 3.05) is 0 Å². The molecule has 1 aromatic rings. The first kappa shape index (κ1) is 8.83. The van der Waals surface area contributed by atoms with Crippen molar-refractivity contribution in [2.45, 2.75) is 13.3 Å². The summed E-state index contributed by atoms with van der Waals surface area (Å²) in [7, 11) is 0. The van der Waals surface area contributed by atoms with Crippen LogP contribution in [0, 0.1) is 12.9 Å². The van der Waals surface area contributed by atoms with E-state index in [1.54, 1.807) is 0 Å². The van der Waals surface area contributed by atoms with E-state index in [4.69, 9.17) is 5.11 Å². The third-order valence-electron chi connectivity index (χ3n) is 1.39. The Hall–Kier alpha value is -1.26. The SMILES string of the molecule is Cc1cc(F)nc(C(F)F)c1O. The fraction of sp³-hybridized carbons (Fsp3) is 0.286. The van der Waals surface area contributed by atoms with Crippen LogP contribution in [-0.2, 0) is 0 Å². The number of alkyl halides is 2. The summed E-state index contributed by atoms with van der Waals surface area (Å²) in [5.41, 5.74) is -0.856. The van der Waals surface area contributed by atoms with Gasteiger partial charge in [-0.05, 0) is 18.6 Å². The zero-order valence-corrected chi connectivity index (χ0v) is 6.18. The molecule has 0 aliphatic heterocycles. The van der Waals surface area contributed by atoms with Gasteiger partial charge in [0.1, 0.15) is 5.75 Å². The Labute approximate surface area is 66.7 Å². The maximum absolute atomic E-state index is 12.4. The largest absolute Gasteiger partial charge is 0.506 e. The van der Waals surface area contributed by atoms with Gasteiger partial charge in [-0.3, -0.25) is 0 Å². The highest BCUT2D eigenvalue weighted by Crippen LogP contribution is 2.28. The Morgan fingerprint density at radius 3 is 2.58 bits per heavy atom. The van der Waals surface area contributed by atoms with Crippen LogP contribution < -0.4 is 0 Å². The van der Waals surface area contributed by atoms with Gasteiger partial charge in [-0.15, -0.1) is 0 Å². The van der Waals surface area contributed by atoms with Gasteiger partial charge in [0.25, 0.3) is 6.43 Å². The molecule has 2 nitrogen and oxygen atoms in total. The molecule has 1 heterocycles. The van der Waals surface area contributed by atoms with Gasteiger partial charge in [-0.2, -0.15) is 4.39 Å². The Morgan fingerprint density at radius 2 is 2.08 bits per heavy atom. The van der Waals surface area contributed by atoms with Crippen LogP contribution >= 0.6 is 0 Å². The van der Waals surface area contributed by atoms with Crippen molar-refractivity contribution >= 4 is 0 Å². The summed E-state index contributed by atoms with van der Waals surface area (Å²) in [6.45, 7) is 1.33. The molecule has 1 N–H and O–H groups in total. The predicted octanol–water partition coefficient (Wildman–Crippen LogP) is 2.17. The van der Waals surface area contributed by atoms with Crippen molar-refractivity contribution in [3.05, 3.63) is 23.3 Å². The van der Waals surface area contributed by atoms with Crippen LogP contribution in [0.3, 0.4) is 0 Å². The van der Waals surface area contributed by atoms with Crippen LogP contribution in [0.15, 0.2) is 6.07 Å². The van der Waals surface area contributed by atoms with Crippen LogP contribution in [-0.4, -0.2) is 10.1 Å². The average molecular weight is 177 g/mol. The lowest BCUT2D eigenvalue weighted by Crippen LogP contribution is -1.96. The van der Waals surface area contributed by atoms with Crippen LogP contribution in [0.1, 0.15) is 17.7 Å². The molecular weight excluding hydrogens is 171 g/mol. The molecule has 0 amide bonds. The molecule has 0 saturated heterocycles. The molecular formula is C7H6F3NO. The van der Waals surface area contributed by atoms with Gasteiger partial charge in [0, 0.05) is 0 Å². The quantitative estimate of drug-likeness (QED) is 0.667. The highest BCUT2D eigenvalue weighted by atomic mass is 19.3. The van der Waals surface area contributed by atoms with Crippen LogP contribution in [0.4, 0.5) is 13.2 Å². The molecule has 0 aliphatic carbocycles. The molecule has 66 valence electrons. The van der Waals surface area contributed by atoms with Gasteiger partial charge in [-0.1, -0.05) is 0 Å². The summed E-state index contributed by atoms with van der Waals surface area (Å²) in [4.78, 5) is 2.87. The normalized spacial score (nSPS) is 10.8. The minimum absolute atomic E-state index is 0.0535. The summed E-state index contributed by atoms with van der Waals surface area (Å²) in [6.07, 6.45) is -2.96. The molecule has 5 heteroatoms. The van der Waals surface area contributed by atoms with Crippen molar-refractivity contribution in [1.82, 2.24) is 4.98 Å². The maximum Gasteiger partial charge on any atom is 0.284 e. The molecule has 1 aromatic heterocycles. The second-order valence-electron chi connectivity index (χ2n) is 2.30. The van der Waals surface area contributed by atoms with E-state index < -0.39 is 23.8 Å². The van der Waals surface area contributed by atoms with Gasteiger partial charge in [0.05, 0.1) is 0 Å². The van der Waals surface area contributed by atoms with E-state index in [1.807, 2.05) is 0 Å². The molecule has 0 fully saturated rings. The minimum atomic E-state index is -2.96. The van der Waals surface area contributed by atoms with E-state index in [1.165, 1.54) is 6.92 Å².